The molecule has 26 heavy (non-hydrogen) atoms. The molecule has 0 aliphatic carbocycles. The van der Waals surface area contributed by atoms with E-state index in [4.69, 9.17) is 19.9 Å². The van der Waals surface area contributed by atoms with E-state index in [9.17, 15) is 4.79 Å². The number of nitrogens with one attached hydrogen (secondary N) is 1. The lowest BCUT2D eigenvalue weighted by atomic mass is 10.1. The van der Waals surface area contributed by atoms with Gasteiger partial charge in [-0.25, -0.2) is 0 Å². The van der Waals surface area contributed by atoms with E-state index in [2.05, 4.69) is 5.32 Å². The Morgan fingerprint density at radius 3 is 2.27 bits per heavy atom. The summed E-state index contributed by atoms with van der Waals surface area (Å²) in [6.45, 7) is 2.78. The fraction of sp³-hybridized carbons (Fsp3) is 0.350. The first-order chi connectivity index (χ1) is 12.5. The van der Waals surface area contributed by atoms with Crippen LogP contribution in [0.5, 0.6) is 17.2 Å². The Hall–Kier alpha value is -2.73. The smallest absolute Gasteiger partial charge is 0.251 e. The second-order valence-electron chi connectivity index (χ2n) is 6.01. The van der Waals surface area contributed by atoms with Crippen molar-refractivity contribution in [1.29, 1.82) is 0 Å². The Morgan fingerprint density at radius 1 is 1.12 bits per heavy atom. The minimum Gasteiger partial charge on any atom is -0.493 e. The molecule has 6 nitrogen and oxygen atoms in total. The number of ether oxygens (including phenoxy) is 3. The second kappa shape index (κ2) is 9.68. The van der Waals surface area contributed by atoms with Crippen molar-refractivity contribution in [3.8, 4) is 17.2 Å². The van der Waals surface area contributed by atoms with E-state index >= 15 is 0 Å². The molecule has 0 fully saturated rings. The first kappa shape index (κ1) is 19.6. The van der Waals surface area contributed by atoms with Crippen LogP contribution in [0, 0.1) is 0 Å². The lowest BCUT2D eigenvalue weighted by Crippen LogP contribution is -2.29. The average molecular weight is 358 g/mol. The summed E-state index contributed by atoms with van der Waals surface area (Å²) in [6, 6.07) is 13.1. The van der Waals surface area contributed by atoms with Gasteiger partial charge in [0.1, 0.15) is 6.61 Å². The maximum absolute atomic E-state index is 12.3. The van der Waals surface area contributed by atoms with E-state index < -0.39 is 0 Å². The number of carbonyl (C=O) groups excluding carboxylic acids is 1. The van der Waals surface area contributed by atoms with Gasteiger partial charge in [-0.15, -0.1) is 0 Å². The van der Waals surface area contributed by atoms with Crippen LogP contribution in [0.25, 0.3) is 0 Å². The normalized spacial score (nSPS) is 11.5. The monoisotopic (exact) mass is 358 g/mol. The zero-order valence-corrected chi connectivity index (χ0v) is 15.5. The van der Waals surface area contributed by atoms with Gasteiger partial charge in [-0.2, -0.15) is 0 Å². The molecule has 0 bridgehead atoms. The number of methoxy groups -OCH3 is 2. The lowest BCUT2D eigenvalue weighted by Gasteiger charge is -2.16. The number of carbonyl (C=O) groups is 1. The van der Waals surface area contributed by atoms with E-state index in [0.29, 0.717) is 42.4 Å². The lowest BCUT2D eigenvalue weighted by molar-refractivity contribution is 0.0952. The van der Waals surface area contributed by atoms with Gasteiger partial charge < -0.3 is 25.3 Å². The highest BCUT2D eigenvalue weighted by molar-refractivity contribution is 5.95. The van der Waals surface area contributed by atoms with Gasteiger partial charge >= 0.3 is 0 Å². The van der Waals surface area contributed by atoms with E-state index in [1.807, 2.05) is 37.3 Å². The molecule has 140 valence electrons. The summed E-state index contributed by atoms with van der Waals surface area (Å²) < 4.78 is 16.7. The molecule has 0 saturated heterocycles. The van der Waals surface area contributed by atoms with E-state index in [-0.39, 0.29) is 11.9 Å². The Bertz CT molecular complexity index is 692. The standard InChI is InChI=1S/C20H26N2O4/c1-14(21)9-10-22-20(23)16-11-17(24-2)19(18(12-16)25-3)26-13-15-7-5-4-6-8-15/h4-8,11-12,14H,9-10,13,21H2,1-3H3,(H,22,23). The summed E-state index contributed by atoms with van der Waals surface area (Å²) in [5.74, 6) is 1.14. The van der Waals surface area contributed by atoms with Crippen molar-refractivity contribution in [2.75, 3.05) is 20.8 Å². The molecule has 0 heterocycles. The highest BCUT2D eigenvalue weighted by Crippen LogP contribution is 2.39. The first-order valence-electron chi connectivity index (χ1n) is 8.51. The number of nitrogens with two attached hydrogens (primary N) is 1. The number of benzene rings is 2. The van der Waals surface area contributed by atoms with E-state index in [1.54, 1.807) is 12.1 Å². The van der Waals surface area contributed by atoms with Crippen molar-refractivity contribution < 1.29 is 19.0 Å². The molecule has 1 amide bonds. The van der Waals surface area contributed by atoms with Crippen molar-refractivity contribution in [2.45, 2.75) is 26.0 Å². The quantitative estimate of drug-likeness (QED) is 0.720. The highest BCUT2D eigenvalue weighted by atomic mass is 16.5. The zero-order chi connectivity index (χ0) is 18.9. The first-order valence-corrected chi connectivity index (χ1v) is 8.51. The second-order valence-corrected chi connectivity index (χ2v) is 6.01. The number of amides is 1. The minimum atomic E-state index is -0.211. The topological polar surface area (TPSA) is 82.8 Å². The summed E-state index contributed by atoms with van der Waals surface area (Å²) in [5, 5.41) is 2.84. The molecule has 2 aromatic rings. The van der Waals surface area contributed by atoms with Crippen molar-refractivity contribution in [3.63, 3.8) is 0 Å². The maximum Gasteiger partial charge on any atom is 0.251 e. The summed E-state index contributed by atoms with van der Waals surface area (Å²) >= 11 is 0. The molecule has 1 unspecified atom stereocenters. The van der Waals surface area contributed by atoms with Gasteiger partial charge in [0.25, 0.3) is 5.91 Å². The zero-order valence-electron chi connectivity index (χ0n) is 15.5. The molecular formula is C20H26N2O4. The summed E-state index contributed by atoms with van der Waals surface area (Å²) in [7, 11) is 3.06. The van der Waals surface area contributed by atoms with Crippen LogP contribution in [0.4, 0.5) is 0 Å². The largest absolute Gasteiger partial charge is 0.493 e. The van der Waals surface area contributed by atoms with Gasteiger partial charge in [-0.3, -0.25) is 4.79 Å². The van der Waals surface area contributed by atoms with Crippen LogP contribution in [0.2, 0.25) is 0 Å². The predicted molar refractivity (Wildman–Crippen MR) is 101 cm³/mol. The SMILES string of the molecule is COc1cc(C(=O)NCCC(C)N)cc(OC)c1OCc1ccccc1. The number of hydrogen-bond donors (Lipinski definition) is 2. The van der Waals surface area contributed by atoms with Crippen molar-refractivity contribution >= 4 is 5.91 Å². The van der Waals surface area contributed by atoms with Gasteiger partial charge in [0.05, 0.1) is 14.2 Å². The Morgan fingerprint density at radius 2 is 1.73 bits per heavy atom. The van der Waals surface area contributed by atoms with Crippen LogP contribution >= 0.6 is 0 Å². The molecule has 0 spiro atoms. The van der Waals surface area contributed by atoms with Gasteiger partial charge in [0, 0.05) is 18.2 Å². The van der Waals surface area contributed by atoms with Gasteiger partial charge in [-0.1, -0.05) is 30.3 Å². The Labute approximate surface area is 154 Å². The summed E-state index contributed by atoms with van der Waals surface area (Å²) in [6.07, 6.45) is 0.707. The molecule has 2 rings (SSSR count). The molecule has 1 atom stereocenters. The van der Waals surface area contributed by atoms with Crippen LogP contribution in [-0.4, -0.2) is 32.7 Å². The molecule has 0 saturated carbocycles. The van der Waals surface area contributed by atoms with E-state index in [1.165, 1.54) is 14.2 Å². The van der Waals surface area contributed by atoms with Crippen molar-refractivity contribution in [3.05, 3.63) is 53.6 Å². The van der Waals surface area contributed by atoms with Crippen LogP contribution in [0.15, 0.2) is 42.5 Å². The molecule has 0 aromatic heterocycles. The van der Waals surface area contributed by atoms with Crippen LogP contribution in [-0.2, 0) is 6.61 Å². The molecule has 3 N–H and O–H groups in total. The van der Waals surface area contributed by atoms with Crippen molar-refractivity contribution in [1.82, 2.24) is 5.32 Å². The predicted octanol–water partition coefficient (Wildman–Crippen LogP) is 2.75. The summed E-state index contributed by atoms with van der Waals surface area (Å²) in [5.41, 5.74) is 7.16. The molecular weight excluding hydrogens is 332 g/mol. The van der Waals surface area contributed by atoms with Gasteiger partial charge in [-0.05, 0) is 31.0 Å². The number of hydrogen-bond acceptors (Lipinski definition) is 5. The molecule has 2 aromatic carbocycles. The Kier molecular flexibility index (Phi) is 7.29. The third-order valence-electron chi connectivity index (χ3n) is 3.83. The Balaban J connectivity index is 2.17. The molecule has 0 aliphatic rings. The fourth-order valence-electron chi connectivity index (χ4n) is 2.40. The van der Waals surface area contributed by atoms with Gasteiger partial charge in [0.2, 0.25) is 5.75 Å². The van der Waals surface area contributed by atoms with E-state index in [0.717, 1.165) is 5.56 Å². The minimum absolute atomic E-state index is 0.0353. The molecule has 0 aliphatic heterocycles. The average Bonchev–Trinajstić information content (AvgIpc) is 2.66. The summed E-state index contributed by atoms with van der Waals surface area (Å²) in [4.78, 5) is 12.3. The molecule has 0 radical (unpaired) electrons. The number of rotatable bonds is 9. The van der Waals surface area contributed by atoms with Crippen LogP contribution in [0.1, 0.15) is 29.3 Å². The van der Waals surface area contributed by atoms with Crippen molar-refractivity contribution in [2.24, 2.45) is 5.73 Å². The maximum atomic E-state index is 12.3. The third-order valence-corrected chi connectivity index (χ3v) is 3.83. The molecule has 6 heteroatoms. The van der Waals surface area contributed by atoms with Crippen LogP contribution < -0.4 is 25.3 Å². The van der Waals surface area contributed by atoms with Gasteiger partial charge in [0.15, 0.2) is 11.5 Å². The van der Waals surface area contributed by atoms with Crippen LogP contribution in [0.3, 0.4) is 0 Å². The fourth-order valence-corrected chi connectivity index (χ4v) is 2.40. The highest BCUT2D eigenvalue weighted by Gasteiger charge is 2.18. The third kappa shape index (κ3) is 5.39.